The lowest BCUT2D eigenvalue weighted by molar-refractivity contribution is -0.128. The maximum absolute atomic E-state index is 11.9. The number of benzene rings is 1. The highest BCUT2D eigenvalue weighted by Gasteiger charge is 2.20. The van der Waals surface area contributed by atoms with E-state index in [9.17, 15) is 4.79 Å². The number of nitrogens with one attached hydrogen (secondary N) is 2. The van der Waals surface area contributed by atoms with E-state index in [-0.39, 0.29) is 11.9 Å². The Morgan fingerprint density at radius 1 is 1.30 bits per heavy atom. The molecule has 1 fully saturated rings. The normalized spacial score (nSPS) is 15.6. The van der Waals surface area contributed by atoms with Crippen LogP contribution in [0.5, 0.6) is 0 Å². The Labute approximate surface area is 179 Å². The van der Waals surface area contributed by atoms with Gasteiger partial charge in [0.15, 0.2) is 5.96 Å². The summed E-state index contributed by atoms with van der Waals surface area (Å²) >= 11 is 0. The molecule has 0 saturated carbocycles. The van der Waals surface area contributed by atoms with Crippen LogP contribution in [0.25, 0.3) is 0 Å². The van der Waals surface area contributed by atoms with Crippen molar-refractivity contribution in [3.05, 3.63) is 52.3 Å². The lowest BCUT2D eigenvalue weighted by Gasteiger charge is -2.19. The SMILES string of the molecule is CN=C(NCc1cccc(CN2CCCC2=O)c1)NC(C)Cc1c(C)nn(C)c1C. The first-order valence-corrected chi connectivity index (χ1v) is 10.7. The number of aryl methyl sites for hydroxylation is 2. The van der Waals surface area contributed by atoms with Crippen molar-refractivity contribution in [3.63, 3.8) is 0 Å². The summed E-state index contributed by atoms with van der Waals surface area (Å²) in [4.78, 5) is 18.2. The number of hydrogen-bond acceptors (Lipinski definition) is 3. The van der Waals surface area contributed by atoms with E-state index in [1.165, 1.54) is 22.4 Å². The lowest BCUT2D eigenvalue weighted by atomic mass is 10.1. The molecule has 1 unspecified atom stereocenters. The standard InChI is InChI=1S/C23H34N6O/c1-16(12-21-17(2)27-28(5)18(21)3)26-23(24-4)25-14-19-8-6-9-20(13-19)15-29-11-7-10-22(29)30/h6,8-9,13,16H,7,10-12,14-15H2,1-5H3,(H2,24,25,26). The number of carbonyl (C=O) groups excluding carboxylic acids is 1. The van der Waals surface area contributed by atoms with E-state index in [2.05, 4.69) is 65.8 Å². The first kappa shape index (κ1) is 21.9. The zero-order valence-corrected chi connectivity index (χ0v) is 18.8. The third kappa shape index (κ3) is 5.40. The minimum absolute atomic E-state index is 0.227. The van der Waals surface area contributed by atoms with Crippen LogP contribution in [0.2, 0.25) is 0 Å². The van der Waals surface area contributed by atoms with Gasteiger partial charge in [-0.25, -0.2) is 0 Å². The molecule has 1 saturated heterocycles. The quantitative estimate of drug-likeness (QED) is 0.543. The summed E-state index contributed by atoms with van der Waals surface area (Å²) in [6, 6.07) is 8.63. The van der Waals surface area contributed by atoms with Crippen LogP contribution in [0.15, 0.2) is 29.3 Å². The van der Waals surface area contributed by atoms with Crippen molar-refractivity contribution in [1.82, 2.24) is 25.3 Å². The maximum atomic E-state index is 11.9. The van der Waals surface area contributed by atoms with Crippen LogP contribution in [0.3, 0.4) is 0 Å². The second-order valence-electron chi connectivity index (χ2n) is 8.19. The highest BCUT2D eigenvalue weighted by molar-refractivity contribution is 5.80. The van der Waals surface area contributed by atoms with Gasteiger partial charge < -0.3 is 15.5 Å². The van der Waals surface area contributed by atoms with Crippen molar-refractivity contribution >= 4 is 11.9 Å². The first-order valence-electron chi connectivity index (χ1n) is 10.7. The molecule has 7 nitrogen and oxygen atoms in total. The molecule has 1 aromatic carbocycles. The minimum Gasteiger partial charge on any atom is -0.354 e. The molecule has 1 aromatic heterocycles. The van der Waals surface area contributed by atoms with Crippen LogP contribution < -0.4 is 10.6 Å². The van der Waals surface area contributed by atoms with E-state index < -0.39 is 0 Å². The van der Waals surface area contributed by atoms with Gasteiger partial charge in [-0.1, -0.05) is 24.3 Å². The third-order valence-corrected chi connectivity index (χ3v) is 5.77. The number of aromatic nitrogens is 2. The van der Waals surface area contributed by atoms with Crippen molar-refractivity contribution in [2.45, 2.75) is 59.2 Å². The molecule has 1 atom stereocenters. The largest absolute Gasteiger partial charge is 0.354 e. The fourth-order valence-corrected chi connectivity index (χ4v) is 4.01. The summed E-state index contributed by atoms with van der Waals surface area (Å²) in [6.07, 6.45) is 2.55. The molecular weight excluding hydrogens is 376 g/mol. The van der Waals surface area contributed by atoms with E-state index in [0.29, 0.717) is 19.5 Å². The monoisotopic (exact) mass is 410 g/mol. The molecule has 1 aliphatic heterocycles. The number of carbonyl (C=O) groups is 1. The third-order valence-electron chi connectivity index (χ3n) is 5.77. The van der Waals surface area contributed by atoms with Gasteiger partial charge >= 0.3 is 0 Å². The molecule has 0 aliphatic carbocycles. The van der Waals surface area contributed by atoms with Gasteiger partial charge in [-0.15, -0.1) is 0 Å². The summed E-state index contributed by atoms with van der Waals surface area (Å²) in [6.45, 7) is 8.57. The number of aliphatic imine (C=N–C) groups is 1. The molecular formula is C23H34N6O. The molecule has 0 bridgehead atoms. The fraction of sp³-hybridized carbons (Fsp3) is 0.522. The van der Waals surface area contributed by atoms with Crippen molar-refractivity contribution in [3.8, 4) is 0 Å². The van der Waals surface area contributed by atoms with Gasteiger partial charge in [0.1, 0.15) is 0 Å². The number of nitrogens with zero attached hydrogens (tertiary/aromatic N) is 4. The molecule has 2 aromatic rings. The minimum atomic E-state index is 0.227. The summed E-state index contributed by atoms with van der Waals surface area (Å²) in [5.74, 6) is 1.04. The highest BCUT2D eigenvalue weighted by atomic mass is 16.2. The van der Waals surface area contributed by atoms with E-state index in [4.69, 9.17) is 0 Å². The predicted octanol–water partition coefficient (Wildman–Crippen LogP) is 2.46. The number of likely N-dealkylation sites (tertiary alicyclic amines) is 1. The molecule has 7 heteroatoms. The van der Waals surface area contributed by atoms with E-state index in [1.807, 2.05) is 16.6 Å². The topological polar surface area (TPSA) is 74.6 Å². The lowest BCUT2D eigenvalue weighted by Crippen LogP contribution is -2.42. The Balaban J connectivity index is 1.53. The molecule has 0 spiro atoms. The van der Waals surface area contributed by atoms with E-state index in [0.717, 1.165) is 31.0 Å². The molecule has 1 aliphatic rings. The number of guanidine groups is 1. The molecule has 3 rings (SSSR count). The summed E-state index contributed by atoms with van der Waals surface area (Å²) in [7, 11) is 3.77. The van der Waals surface area contributed by atoms with E-state index >= 15 is 0 Å². The zero-order valence-electron chi connectivity index (χ0n) is 18.8. The first-order chi connectivity index (χ1) is 14.4. The Hall–Kier alpha value is -2.83. The molecule has 162 valence electrons. The van der Waals surface area contributed by atoms with Gasteiger partial charge in [0, 0.05) is 51.9 Å². The highest BCUT2D eigenvalue weighted by Crippen LogP contribution is 2.16. The van der Waals surface area contributed by atoms with Crippen LogP contribution >= 0.6 is 0 Å². The fourth-order valence-electron chi connectivity index (χ4n) is 4.01. The molecule has 2 heterocycles. The predicted molar refractivity (Wildman–Crippen MR) is 120 cm³/mol. The Morgan fingerprint density at radius 3 is 2.70 bits per heavy atom. The van der Waals surface area contributed by atoms with Crippen LogP contribution in [-0.2, 0) is 31.4 Å². The van der Waals surface area contributed by atoms with E-state index in [1.54, 1.807) is 7.05 Å². The van der Waals surface area contributed by atoms with Crippen LogP contribution in [-0.4, -0.2) is 46.2 Å². The van der Waals surface area contributed by atoms with Crippen molar-refractivity contribution < 1.29 is 4.79 Å². The van der Waals surface area contributed by atoms with Gasteiger partial charge in [-0.2, -0.15) is 5.10 Å². The van der Waals surface area contributed by atoms with Crippen LogP contribution in [0, 0.1) is 13.8 Å². The average molecular weight is 411 g/mol. The molecule has 1 amide bonds. The Kier molecular flexibility index (Phi) is 7.13. The number of rotatable bonds is 7. The molecule has 2 N–H and O–H groups in total. The number of hydrogen-bond donors (Lipinski definition) is 2. The number of amides is 1. The van der Waals surface area contributed by atoms with Gasteiger partial charge in [0.05, 0.1) is 5.69 Å². The van der Waals surface area contributed by atoms with Gasteiger partial charge in [0.2, 0.25) is 5.91 Å². The van der Waals surface area contributed by atoms with Crippen molar-refractivity contribution in [2.75, 3.05) is 13.6 Å². The summed E-state index contributed by atoms with van der Waals surface area (Å²) in [5.41, 5.74) is 5.92. The Bertz CT molecular complexity index is 916. The second kappa shape index (κ2) is 9.78. The maximum Gasteiger partial charge on any atom is 0.222 e. The molecule has 0 radical (unpaired) electrons. The smallest absolute Gasteiger partial charge is 0.222 e. The second-order valence-corrected chi connectivity index (χ2v) is 8.19. The average Bonchev–Trinajstić information content (AvgIpc) is 3.22. The van der Waals surface area contributed by atoms with Gasteiger partial charge in [-0.3, -0.25) is 14.5 Å². The molecule has 30 heavy (non-hydrogen) atoms. The van der Waals surface area contributed by atoms with Gasteiger partial charge in [0.25, 0.3) is 0 Å². The summed E-state index contributed by atoms with van der Waals surface area (Å²) < 4.78 is 1.94. The van der Waals surface area contributed by atoms with Crippen molar-refractivity contribution in [1.29, 1.82) is 0 Å². The van der Waals surface area contributed by atoms with Crippen LogP contribution in [0.4, 0.5) is 0 Å². The van der Waals surface area contributed by atoms with Crippen molar-refractivity contribution in [2.24, 2.45) is 12.0 Å². The summed E-state index contributed by atoms with van der Waals surface area (Å²) in [5, 5.41) is 11.4. The zero-order chi connectivity index (χ0) is 21.7. The van der Waals surface area contributed by atoms with Gasteiger partial charge in [-0.05, 0) is 50.3 Å². The van der Waals surface area contributed by atoms with Crippen LogP contribution in [0.1, 0.15) is 47.8 Å². The Morgan fingerprint density at radius 2 is 2.07 bits per heavy atom.